The van der Waals surface area contributed by atoms with Crippen molar-refractivity contribution in [3.8, 4) is 11.8 Å². The van der Waals surface area contributed by atoms with Crippen molar-refractivity contribution in [3.63, 3.8) is 0 Å². The fourth-order valence-corrected chi connectivity index (χ4v) is 5.15. The summed E-state index contributed by atoms with van der Waals surface area (Å²) < 4.78 is 5.39. The number of para-hydroxylation sites is 2. The molecule has 1 aliphatic heterocycles. The first-order valence-corrected chi connectivity index (χ1v) is 12.4. The molecular weight excluding hydrogens is 478 g/mol. The summed E-state index contributed by atoms with van der Waals surface area (Å²) >= 11 is 7.54. The van der Waals surface area contributed by atoms with Crippen molar-refractivity contribution in [1.82, 2.24) is 5.32 Å². The molecule has 0 saturated carbocycles. The van der Waals surface area contributed by atoms with Crippen LogP contribution in [0.3, 0.4) is 0 Å². The average Bonchev–Trinajstić information content (AvgIpc) is 2.88. The number of ether oxygens (including phenoxy) is 1. The first kappa shape index (κ1) is 24.5. The van der Waals surface area contributed by atoms with Crippen molar-refractivity contribution in [2.24, 2.45) is 0 Å². The van der Waals surface area contributed by atoms with Crippen molar-refractivity contribution in [1.29, 1.82) is 5.26 Å². The Balaban J connectivity index is 1.70. The van der Waals surface area contributed by atoms with Crippen LogP contribution in [-0.2, 0) is 10.5 Å². The molecule has 0 radical (unpaired) electrons. The molecule has 1 heterocycles. The van der Waals surface area contributed by atoms with Gasteiger partial charge >= 0.3 is 0 Å². The van der Waals surface area contributed by atoms with Crippen molar-refractivity contribution in [2.45, 2.75) is 18.6 Å². The van der Waals surface area contributed by atoms with Crippen LogP contribution in [0.25, 0.3) is 0 Å². The van der Waals surface area contributed by atoms with Crippen LogP contribution in [0.1, 0.15) is 24.0 Å². The van der Waals surface area contributed by atoms with Gasteiger partial charge in [-0.2, -0.15) is 5.26 Å². The standard InChI is InChI=1S/C28H24ClN3O2S/c1-18-25(27(33)32-23-10-6-7-11-24(23)34-2)26(20-8-4-3-5-9-20)22(16-30)28(31-18)35-17-19-12-14-21(29)15-13-19/h3-15,26,31H,17H2,1-2H3,(H,32,33)/t26-/m0/s1. The van der Waals surface area contributed by atoms with Gasteiger partial charge in [-0.25, -0.2) is 0 Å². The maximum Gasteiger partial charge on any atom is 0.254 e. The van der Waals surface area contributed by atoms with Gasteiger partial charge in [-0.15, -0.1) is 11.8 Å². The van der Waals surface area contributed by atoms with E-state index in [-0.39, 0.29) is 5.91 Å². The fraction of sp³-hybridized carbons (Fsp3) is 0.143. The van der Waals surface area contributed by atoms with E-state index in [0.717, 1.165) is 16.2 Å². The monoisotopic (exact) mass is 501 g/mol. The number of dihydropyridines is 1. The van der Waals surface area contributed by atoms with Crippen LogP contribution in [0, 0.1) is 11.3 Å². The molecule has 0 unspecified atom stereocenters. The summed E-state index contributed by atoms with van der Waals surface area (Å²) in [6.07, 6.45) is 0. The topological polar surface area (TPSA) is 74.2 Å². The summed E-state index contributed by atoms with van der Waals surface area (Å²) in [5.74, 6) is 0.421. The number of amides is 1. The molecule has 176 valence electrons. The van der Waals surface area contributed by atoms with Gasteiger partial charge in [0.2, 0.25) is 0 Å². The molecule has 1 atom stereocenters. The highest BCUT2D eigenvalue weighted by Gasteiger charge is 2.34. The third-order valence-corrected chi connectivity index (χ3v) is 7.02. The molecule has 0 aliphatic carbocycles. The van der Waals surface area contributed by atoms with Crippen LogP contribution in [0.15, 0.2) is 101 Å². The van der Waals surface area contributed by atoms with E-state index in [2.05, 4.69) is 16.7 Å². The summed E-state index contributed by atoms with van der Waals surface area (Å²) in [5.41, 5.74) is 4.23. The van der Waals surface area contributed by atoms with Crippen LogP contribution >= 0.6 is 23.4 Å². The maximum absolute atomic E-state index is 13.6. The third-order valence-electron chi connectivity index (χ3n) is 5.68. The first-order chi connectivity index (χ1) is 17.0. The predicted molar refractivity (Wildman–Crippen MR) is 142 cm³/mol. The number of nitriles is 1. The summed E-state index contributed by atoms with van der Waals surface area (Å²) in [6, 6.07) is 26.9. The molecule has 7 heteroatoms. The summed E-state index contributed by atoms with van der Waals surface area (Å²) in [5, 5.41) is 17.9. The van der Waals surface area contributed by atoms with E-state index in [0.29, 0.717) is 39.1 Å². The first-order valence-electron chi connectivity index (χ1n) is 11.0. The molecule has 3 aromatic rings. The minimum absolute atomic E-state index is 0.289. The molecule has 1 aliphatic rings. The lowest BCUT2D eigenvalue weighted by Crippen LogP contribution is -2.30. The van der Waals surface area contributed by atoms with Gasteiger partial charge in [0, 0.05) is 22.0 Å². The van der Waals surface area contributed by atoms with Crippen molar-refractivity contribution < 1.29 is 9.53 Å². The number of rotatable bonds is 7. The number of thioether (sulfide) groups is 1. The average molecular weight is 502 g/mol. The van der Waals surface area contributed by atoms with Crippen molar-refractivity contribution in [2.75, 3.05) is 12.4 Å². The van der Waals surface area contributed by atoms with E-state index in [1.54, 1.807) is 19.2 Å². The second kappa shape index (κ2) is 11.2. The van der Waals surface area contributed by atoms with Crippen LogP contribution in [0.5, 0.6) is 5.75 Å². The van der Waals surface area contributed by atoms with Gasteiger partial charge < -0.3 is 15.4 Å². The third kappa shape index (κ3) is 5.54. The van der Waals surface area contributed by atoms with E-state index in [1.807, 2.05) is 73.7 Å². The Hall–Kier alpha value is -3.66. The zero-order valence-electron chi connectivity index (χ0n) is 19.3. The second-order valence-corrected chi connectivity index (χ2v) is 9.35. The molecule has 2 N–H and O–H groups in total. The Labute approximate surface area is 214 Å². The summed E-state index contributed by atoms with van der Waals surface area (Å²) in [6.45, 7) is 1.87. The summed E-state index contributed by atoms with van der Waals surface area (Å²) in [4.78, 5) is 13.6. The van der Waals surface area contributed by atoms with Gasteiger partial charge in [-0.1, -0.05) is 66.2 Å². The molecule has 35 heavy (non-hydrogen) atoms. The van der Waals surface area contributed by atoms with E-state index >= 15 is 0 Å². The number of anilines is 1. The molecule has 3 aromatic carbocycles. The fourth-order valence-electron chi connectivity index (χ4n) is 3.98. The maximum atomic E-state index is 13.6. The van der Waals surface area contributed by atoms with Gasteiger partial charge in [0.15, 0.2) is 0 Å². The number of methoxy groups -OCH3 is 1. The summed E-state index contributed by atoms with van der Waals surface area (Å²) in [7, 11) is 1.56. The zero-order valence-corrected chi connectivity index (χ0v) is 20.9. The highest BCUT2D eigenvalue weighted by molar-refractivity contribution is 8.02. The van der Waals surface area contributed by atoms with E-state index in [4.69, 9.17) is 16.3 Å². The number of nitrogens with zero attached hydrogens (tertiary/aromatic N) is 1. The van der Waals surface area contributed by atoms with Crippen LogP contribution in [-0.4, -0.2) is 13.0 Å². The number of benzene rings is 3. The Morgan fingerprint density at radius 1 is 1.09 bits per heavy atom. The number of halogens is 1. The number of carbonyl (C=O) groups excluding carboxylic acids is 1. The minimum atomic E-state index is -0.509. The van der Waals surface area contributed by atoms with Crippen LogP contribution in [0.4, 0.5) is 5.69 Å². The lowest BCUT2D eigenvalue weighted by Gasteiger charge is -2.30. The van der Waals surface area contributed by atoms with Crippen LogP contribution < -0.4 is 15.4 Å². The van der Waals surface area contributed by atoms with Gasteiger partial charge in [0.05, 0.1) is 35.4 Å². The molecule has 5 nitrogen and oxygen atoms in total. The number of allylic oxidation sites excluding steroid dienone is 2. The normalized spacial score (nSPS) is 15.3. The molecular formula is C28H24ClN3O2S. The van der Waals surface area contributed by atoms with Gasteiger partial charge in [0.1, 0.15) is 5.75 Å². The van der Waals surface area contributed by atoms with E-state index in [1.165, 1.54) is 11.8 Å². The Bertz CT molecular complexity index is 1330. The Morgan fingerprint density at radius 3 is 2.46 bits per heavy atom. The highest BCUT2D eigenvalue weighted by atomic mass is 35.5. The molecule has 4 rings (SSSR count). The van der Waals surface area contributed by atoms with E-state index in [9.17, 15) is 10.1 Å². The predicted octanol–water partition coefficient (Wildman–Crippen LogP) is 6.62. The number of hydrogen-bond acceptors (Lipinski definition) is 5. The molecule has 1 amide bonds. The number of hydrogen-bond donors (Lipinski definition) is 2. The molecule has 0 bridgehead atoms. The zero-order chi connectivity index (χ0) is 24.8. The van der Waals surface area contributed by atoms with Gasteiger partial charge in [-0.05, 0) is 42.3 Å². The largest absolute Gasteiger partial charge is 0.495 e. The molecule has 0 spiro atoms. The quantitative estimate of drug-likeness (QED) is 0.380. The number of nitrogens with one attached hydrogen (secondary N) is 2. The second-order valence-electron chi connectivity index (χ2n) is 7.93. The van der Waals surface area contributed by atoms with E-state index < -0.39 is 5.92 Å². The highest BCUT2D eigenvalue weighted by Crippen LogP contribution is 2.41. The van der Waals surface area contributed by atoms with Gasteiger partial charge in [-0.3, -0.25) is 4.79 Å². The Kier molecular flexibility index (Phi) is 7.81. The molecule has 0 fully saturated rings. The SMILES string of the molecule is COc1ccccc1NC(=O)C1=C(C)NC(SCc2ccc(Cl)cc2)=C(C#N)[C@@H]1c1ccccc1. The van der Waals surface area contributed by atoms with Gasteiger partial charge in [0.25, 0.3) is 5.91 Å². The van der Waals surface area contributed by atoms with Crippen molar-refractivity contribution >= 4 is 35.0 Å². The Morgan fingerprint density at radius 2 is 1.77 bits per heavy atom. The van der Waals surface area contributed by atoms with Crippen molar-refractivity contribution in [3.05, 3.63) is 117 Å². The lowest BCUT2D eigenvalue weighted by atomic mass is 9.82. The minimum Gasteiger partial charge on any atom is -0.495 e. The number of carbonyl (C=O) groups is 1. The smallest absolute Gasteiger partial charge is 0.254 e. The van der Waals surface area contributed by atoms with Crippen LogP contribution in [0.2, 0.25) is 5.02 Å². The molecule has 0 saturated heterocycles. The lowest BCUT2D eigenvalue weighted by molar-refractivity contribution is -0.113. The molecule has 0 aromatic heterocycles.